The van der Waals surface area contributed by atoms with Gasteiger partial charge >= 0.3 is 0 Å². The Morgan fingerprint density at radius 3 is 2.66 bits per heavy atom. The summed E-state index contributed by atoms with van der Waals surface area (Å²) in [7, 11) is 0. The highest BCUT2D eigenvalue weighted by atomic mass is 32.1. The summed E-state index contributed by atoms with van der Waals surface area (Å²) in [4.78, 5) is 21.1. The summed E-state index contributed by atoms with van der Waals surface area (Å²) in [5.74, 6) is 0.721. The highest BCUT2D eigenvalue weighted by molar-refractivity contribution is 7.09. The molecule has 29 heavy (non-hydrogen) atoms. The van der Waals surface area contributed by atoms with Gasteiger partial charge in [-0.25, -0.2) is 9.37 Å². The molecule has 3 rings (SSSR count). The molecule has 0 atom stereocenters. The number of anilines is 1. The first-order valence-corrected chi connectivity index (χ1v) is 11.2. The molecule has 0 bridgehead atoms. The quantitative estimate of drug-likeness (QED) is 0.600. The summed E-state index contributed by atoms with van der Waals surface area (Å²) < 4.78 is 17.5. The fourth-order valence-corrected chi connectivity index (χ4v) is 4.11. The molecule has 1 aromatic carbocycles. The van der Waals surface area contributed by atoms with Crippen molar-refractivity contribution in [2.45, 2.75) is 39.0 Å². The van der Waals surface area contributed by atoms with Gasteiger partial charge in [0.25, 0.3) is 0 Å². The number of unbranched alkanes of at least 4 members (excludes halogenated alkanes) is 2. The topological polar surface area (TPSA) is 61.4 Å². The fraction of sp³-hybridized carbons (Fsp3) is 0.571. The molecule has 6 nitrogen and oxygen atoms in total. The minimum Gasteiger partial charge on any atom is -0.355 e. The number of carbonyl (C=O) groups is 1. The van der Waals surface area contributed by atoms with Crippen molar-refractivity contribution < 1.29 is 9.18 Å². The zero-order chi connectivity index (χ0) is 20.5. The predicted molar refractivity (Wildman–Crippen MR) is 115 cm³/mol. The van der Waals surface area contributed by atoms with Crippen LogP contribution in [0.1, 0.15) is 44.0 Å². The van der Waals surface area contributed by atoms with Gasteiger partial charge in [0, 0.05) is 63.6 Å². The van der Waals surface area contributed by atoms with Gasteiger partial charge < -0.3 is 10.2 Å². The Labute approximate surface area is 176 Å². The average Bonchev–Trinajstić information content (AvgIpc) is 3.19. The van der Waals surface area contributed by atoms with Crippen LogP contribution in [0.3, 0.4) is 0 Å². The molecule has 0 radical (unpaired) electrons. The van der Waals surface area contributed by atoms with Crippen molar-refractivity contribution in [1.82, 2.24) is 19.6 Å². The molecular formula is C21H30FN5OS. The second-order valence-corrected chi connectivity index (χ2v) is 8.16. The smallest absolute Gasteiger partial charge is 0.220 e. The van der Waals surface area contributed by atoms with Gasteiger partial charge in [-0.15, -0.1) is 0 Å². The van der Waals surface area contributed by atoms with E-state index in [1.54, 1.807) is 12.1 Å². The SMILES string of the molecule is CCCCCC(=O)NCCN1CCN(c2nc(Cc3ccc(F)cc3)ns2)CC1. The highest BCUT2D eigenvalue weighted by Gasteiger charge is 2.20. The van der Waals surface area contributed by atoms with Crippen LogP contribution in [0.5, 0.6) is 0 Å². The third-order valence-corrected chi connectivity index (χ3v) is 5.95. The van der Waals surface area contributed by atoms with Gasteiger partial charge in [-0.05, 0) is 24.1 Å². The zero-order valence-corrected chi connectivity index (χ0v) is 17.9. The van der Waals surface area contributed by atoms with Crippen LogP contribution in [-0.2, 0) is 11.2 Å². The molecule has 158 valence electrons. The molecule has 8 heteroatoms. The van der Waals surface area contributed by atoms with Gasteiger partial charge in [-0.1, -0.05) is 31.9 Å². The highest BCUT2D eigenvalue weighted by Crippen LogP contribution is 2.20. The van der Waals surface area contributed by atoms with E-state index in [1.165, 1.54) is 23.7 Å². The lowest BCUT2D eigenvalue weighted by molar-refractivity contribution is -0.121. The number of amides is 1. The number of piperazine rings is 1. The van der Waals surface area contributed by atoms with Gasteiger partial charge in [-0.3, -0.25) is 9.69 Å². The second kappa shape index (κ2) is 11.2. The Kier molecular flexibility index (Phi) is 8.37. The summed E-state index contributed by atoms with van der Waals surface area (Å²) >= 11 is 1.43. The van der Waals surface area contributed by atoms with Crippen molar-refractivity contribution in [3.05, 3.63) is 41.5 Å². The van der Waals surface area contributed by atoms with Crippen molar-refractivity contribution in [3.63, 3.8) is 0 Å². The number of nitrogens with one attached hydrogen (secondary N) is 1. The van der Waals surface area contributed by atoms with Gasteiger partial charge in [0.05, 0.1) is 0 Å². The fourth-order valence-electron chi connectivity index (χ4n) is 3.37. The van der Waals surface area contributed by atoms with Crippen LogP contribution in [0, 0.1) is 5.82 Å². The molecule has 0 unspecified atom stereocenters. The summed E-state index contributed by atoms with van der Waals surface area (Å²) in [6.07, 6.45) is 4.49. The Morgan fingerprint density at radius 2 is 1.93 bits per heavy atom. The minimum absolute atomic E-state index is 0.166. The number of halogens is 1. The minimum atomic E-state index is -0.227. The molecule has 2 heterocycles. The number of carbonyl (C=O) groups excluding carboxylic acids is 1. The van der Waals surface area contributed by atoms with Crippen LogP contribution in [0.25, 0.3) is 0 Å². The average molecular weight is 420 g/mol. The first-order chi connectivity index (χ1) is 14.1. The summed E-state index contributed by atoms with van der Waals surface area (Å²) in [5.41, 5.74) is 1.01. The van der Waals surface area contributed by atoms with Crippen molar-refractivity contribution in [3.8, 4) is 0 Å². The van der Waals surface area contributed by atoms with Crippen LogP contribution in [0.2, 0.25) is 0 Å². The monoisotopic (exact) mass is 419 g/mol. The number of aromatic nitrogens is 2. The van der Waals surface area contributed by atoms with Crippen LogP contribution < -0.4 is 10.2 Å². The lowest BCUT2D eigenvalue weighted by atomic mass is 10.1. The Morgan fingerprint density at radius 1 is 1.17 bits per heavy atom. The zero-order valence-electron chi connectivity index (χ0n) is 17.1. The standard InChI is InChI=1S/C21H30FN5OS/c1-2-3-4-5-20(28)23-10-11-26-12-14-27(15-13-26)21-24-19(25-29-21)16-17-6-8-18(22)9-7-17/h6-9H,2-5,10-16H2,1H3,(H,23,28). The van der Waals surface area contributed by atoms with E-state index in [4.69, 9.17) is 0 Å². The van der Waals surface area contributed by atoms with E-state index in [0.717, 1.165) is 68.5 Å². The first-order valence-electron chi connectivity index (χ1n) is 10.4. The van der Waals surface area contributed by atoms with E-state index >= 15 is 0 Å². The largest absolute Gasteiger partial charge is 0.355 e. The normalized spacial score (nSPS) is 14.9. The van der Waals surface area contributed by atoms with Gasteiger partial charge in [0.15, 0.2) is 0 Å². The van der Waals surface area contributed by atoms with E-state index < -0.39 is 0 Å². The van der Waals surface area contributed by atoms with E-state index in [9.17, 15) is 9.18 Å². The van der Waals surface area contributed by atoms with Crippen molar-refractivity contribution in [2.24, 2.45) is 0 Å². The first kappa shape index (κ1) is 21.6. The number of benzene rings is 1. The van der Waals surface area contributed by atoms with Crippen LogP contribution >= 0.6 is 11.5 Å². The number of hydrogen-bond donors (Lipinski definition) is 1. The molecule has 1 saturated heterocycles. The molecule has 0 aliphatic carbocycles. The lowest BCUT2D eigenvalue weighted by Crippen LogP contribution is -2.48. The van der Waals surface area contributed by atoms with Gasteiger partial charge in [-0.2, -0.15) is 4.37 Å². The molecule has 2 aromatic rings. The molecule has 0 spiro atoms. The maximum Gasteiger partial charge on any atom is 0.220 e. The maximum atomic E-state index is 13.0. The van der Waals surface area contributed by atoms with Gasteiger partial charge in [0.2, 0.25) is 11.0 Å². The molecule has 1 amide bonds. The predicted octanol–water partition coefficient (Wildman–Crippen LogP) is 3.09. The van der Waals surface area contributed by atoms with Crippen LogP contribution in [0.4, 0.5) is 9.52 Å². The van der Waals surface area contributed by atoms with E-state index in [1.807, 2.05) is 0 Å². The number of hydrogen-bond acceptors (Lipinski definition) is 6. The van der Waals surface area contributed by atoms with E-state index in [2.05, 4.69) is 31.4 Å². The van der Waals surface area contributed by atoms with Crippen molar-refractivity contribution in [2.75, 3.05) is 44.2 Å². The second-order valence-electron chi connectivity index (χ2n) is 7.43. The molecule has 1 aliphatic heterocycles. The Balaban J connectivity index is 1.37. The summed E-state index contributed by atoms with van der Waals surface area (Å²) in [6, 6.07) is 6.49. The summed E-state index contributed by atoms with van der Waals surface area (Å²) in [6.45, 7) is 7.49. The Bertz CT molecular complexity index is 759. The summed E-state index contributed by atoms with van der Waals surface area (Å²) in [5, 5.41) is 3.97. The molecular weight excluding hydrogens is 389 g/mol. The molecule has 1 aliphatic rings. The third-order valence-electron chi connectivity index (χ3n) is 5.13. The van der Waals surface area contributed by atoms with Gasteiger partial charge in [0.1, 0.15) is 11.6 Å². The lowest BCUT2D eigenvalue weighted by Gasteiger charge is -2.34. The third kappa shape index (κ3) is 7.04. The molecule has 1 aromatic heterocycles. The number of nitrogens with zero attached hydrogens (tertiary/aromatic N) is 4. The van der Waals surface area contributed by atoms with Crippen molar-refractivity contribution in [1.29, 1.82) is 0 Å². The maximum absolute atomic E-state index is 13.0. The van der Waals surface area contributed by atoms with Crippen molar-refractivity contribution >= 4 is 22.6 Å². The molecule has 0 saturated carbocycles. The van der Waals surface area contributed by atoms with E-state index in [-0.39, 0.29) is 11.7 Å². The van der Waals surface area contributed by atoms with Crippen LogP contribution in [-0.4, -0.2) is 59.4 Å². The number of rotatable bonds is 10. The van der Waals surface area contributed by atoms with E-state index in [0.29, 0.717) is 19.4 Å². The Hall–Kier alpha value is -2.06. The van der Waals surface area contributed by atoms with Crippen LogP contribution in [0.15, 0.2) is 24.3 Å². The molecule has 1 fully saturated rings. The molecule has 1 N–H and O–H groups in total.